The van der Waals surface area contributed by atoms with Gasteiger partial charge in [-0.1, -0.05) is 0 Å². The van der Waals surface area contributed by atoms with Crippen LogP contribution >= 0.6 is 0 Å². The molecule has 0 bridgehead atoms. The maximum atomic E-state index is 11.7. The van der Waals surface area contributed by atoms with Gasteiger partial charge >= 0.3 is 5.97 Å². The topological polar surface area (TPSA) is 92.3 Å². The Bertz CT molecular complexity index is 639. The zero-order valence-corrected chi connectivity index (χ0v) is 10.3. The van der Waals surface area contributed by atoms with E-state index in [0.29, 0.717) is 11.3 Å². The lowest BCUT2D eigenvalue weighted by Gasteiger charge is -2.04. The summed E-state index contributed by atoms with van der Waals surface area (Å²) in [4.78, 5) is 23.2. The molecule has 0 radical (unpaired) electrons. The van der Waals surface area contributed by atoms with E-state index >= 15 is 0 Å². The Balaban J connectivity index is 2.00. The van der Waals surface area contributed by atoms with Crippen molar-refractivity contribution in [3.8, 4) is 6.07 Å². The molecular weight excluding hydrogens is 260 g/mol. The fraction of sp³-hybridized carbons (Fsp3) is 0.0714. The van der Waals surface area contributed by atoms with Crippen molar-refractivity contribution in [1.82, 2.24) is 0 Å². The zero-order valence-electron chi connectivity index (χ0n) is 10.3. The third-order valence-corrected chi connectivity index (χ3v) is 2.39. The summed E-state index contributed by atoms with van der Waals surface area (Å²) in [6, 6.07) is 11.0. The number of carbonyl (C=O) groups excluding carboxylic acids is 2. The molecule has 0 spiro atoms. The van der Waals surface area contributed by atoms with Gasteiger partial charge in [-0.05, 0) is 36.4 Å². The summed E-state index contributed by atoms with van der Waals surface area (Å²) in [5.74, 6) is -0.771. The van der Waals surface area contributed by atoms with Gasteiger partial charge in [0.2, 0.25) is 0 Å². The highest BCUT2D eigenvalue weighted by Gasteiger charge is 2.10. The molecule has 1 N–H and O–H groups in total. The first-order chi connectivity index (χ1) is 9.70. The molecule has 0 aliphatic rings. The maximum Gasteiger partial charge on any atom is 0.339 e. The highest BCUT2D eigenvalue weighted by atomic mass is 16.5. The van der Waals surface area contributed by atoms with E-state index in [4.69, 9.17) is 9.68 Å². The smallest absolute Gasteiger partial charge is 0.339 e. The number of esters is 1. The van der Waals surface area contributed by atoms with Crippen molar-refractivity contribution in [2.75, 3.05) is 11.9 Å². The van der Waals surface area contributed by atoms with E-state index in [1.54, 1.807) is 30.3 Å². The van der Waals surface area contributed by atoms with Crippen LogP contribution in [0.5, 0.6) is 0 Å². The van der Waals surface area contributed by atoms with Crippen molar-refractivity contribution in [1.29, 1.82) is 5.26 Å². The molecule has 1 heterocycles. The normalized spacial score (nSPS) is 9.55. The summed E-state index contributed by atoms with van der Waals surface area (Å²) in [5.41, 5.74) is 0.819. The molecule has 20 heavy (non-hydrogen) atoms. The third kappa shape index (κ3) is 3.23. The molecule has 1 aromatic carbocycles. The van der Waals surface area contributed by atoms with Gasteiger partial charge in [0.15, 0.2) is 12.4 Å². The average molecular weight is 270 g/mol. The van der Waals surface area contributed by atoms with Crippen LogP contribution in [0.3, 0.4) is 0 Å². The Labute approximate surface area is 114 Å². The Kier molecular flexibility index (Phi) is 4.14. The summed E-state index contributed by atoms with van der Waals surface area (Å²) in [6.45, 7) is -0.296. The van der Waals surface area contributed by atoms with E-state index in [-0.39, 0.29) is 18.3 Å². The molecular formula is C14H10N2O4. The first-order valence-electron chi connectivity index (χ1n) is 5.69. The Morgan fingerprint density at radius 2 is 2.00 bits per heavy atom. The molecule has 0 saturated heterocycles. The predicted octanol–water partition coefficient (Wildman–Crippen LogP) is 2.21. The van der Waals surface area contributed by atoms with E-state index in [0.717, 1.165) is 0 Å². The van der Waals surface area contributed by atoms with E-state index in [2.05, 4.69) is 10.1 Å². The van der Waals surface area contributed by atoms with Gasteiger partial charge in [0.25, 0.3) is 5.91 Å². The molecule has 2 aromatic rings. The summed E-state index contributed by atoms with van der Waals surface area (Å²) in [7, 11) is 0. The number of ether oxygens (including phenoxy) is 1. The second-order valence-electron chi connectivity index (χ2n) is 3.74. The Morgan fingerprint density at radius 1 is 1.25 bits per heavy atom. The van der Waals surface area contributed by atoms with E-state index in [1.807, 2.05) is 0 Å². The molecule has 0 atom stereocenters. The van der Waals surface area contributed by atoms with Crippen molar-refractivity contribution in [2.24, 2.45) is 0 Å². The van der Waals surface area contributed by atoms with Gasteiger partial charge < -0.3 is 14.5 Å². The van der Waals surface area contributed by atoms with Crippen LogP contribution in [0.2, 0.25) is 0 Å². The zero-order chi connectivity index (χ0) is 14.4. The van der Waals surface area contributed by atoms with Crippen LogP contribution in [0.1, 0.15) is 20.9 Å². The van der Waals surface area contributed by atoms with E-state index < -0.39 is 5.97 Å². The second-order valence-corrected chi connectivity index (χ2v) is 3.74. The fourth-order valence-electron chi connectivity index (χ4n) is 1.47. The first-order valence-corrected chi connectivity index (χ1v) is 5.69. The molecule has 100 valence electrons. The minimum atomic E-state index is -0.588. The number of carbonyl (C=O) groups is 2. The van der Waals surface area contributed by atoms with E-state index in [1.165, 1.54) is 18.4 Å². The number of amides is 1. The molecule has 6 heteroatoms. The maximum absolute atomic E-state index is 11.7. The predicted molar refractivity (Wildman–Crippen MR) is 69.0 cm³/mol. The number of hydrogen-bond donors (Lipinski definition) is 1. The molecule has 0 aliphatic carbocycles. The van der Waals surface area contributed by atoms with Crippen LogP contribution in [0, 0.1) is 11.3 Å². The Morgan fingerprint density at radius 3 is 2.60 bits per heavy atom. The summed E-state index contributed by atoms with van der Waals surface area (Å²) in [6.07, 6.45) is 1.41. The molecule has 0 unspecified atom stereocenters. The Hall–Kier alpha value is -3.07. The molecule has 1 aromatic heterocycles. The second kappa shape index (κ2) is 6.20. The van der Waals surface area contributed by atoms with Crippen molar-refractivity contribution >= 4 is 17.6 Å². The SMILES string of the molecule is N#CCOC(=O)c1ccc(NC(=O)c2ccco2)cc1. The van der Waals surface area contributed by atoms with Gasteiger partial charge in [0.1, 0.15) is 6.07 Å². The number of hydrogen-bond acceptors (Lipinski definition) is 5. The average Bonchev–Trinajstić information content (AvgIpc) is 3.00. The van der Waals surface area contributed by atoms with Crippen LogP contribution in [0.25, 0.3) is 0 Å². The van der Waals surface area contributed by atoms with Gasteiger partial charge in [-0.25, -0.2) is 4.79 Å². The lowest BCUT2D eigenvalue weighted by molar-refractivity contribution is 0.0555. The van der Waals surface area contributed by atoms with Crippen LogP contribution in [-0.2, 0) is 4.74 Å². The number of furan rings is 1. The van der Waals surface area contributed by atoms with Gasteiger partial charge in [0, 0.05) is 5.69 Å². The molecule has 1 amide bonds. The fourth-order valence-corrected chi connectivity index (χ4v) is 1.47. The lowest BCUT2D eigenvalue weighted by atomic mass is 10.2. The van der Waals surface area contributed by atoms with Crippen LogP contribution < -0.4 is 5.32 Å². The summed E-state index contributed by atoms with van der Waals surface area (Å²) < 4.78 is 9.61. The standard InChI is InChI=1S/C14H10N2O4/c15-7-9-20-14(18)10-3-5-11(6-4-10)16-13(17)12-2-1-8-19-12/h1-6,8H,9H2,(H,16,17). The third-order valence-electron chi connectivity index (χ3n) is 2.39. The van der Waals surface area contributed by atoms with Gasteiger partial charge in [-0.15, -0.1) is 0 Å². The van der Waals surface area contributed by atoms with Gasteiger partial charge in [0.05, 0.1) is 11.8 Å². The van der Waals surface area contributed by atoms with Gasteiger partial charge in [-0.2, -0.15) is 5.26 Å². The minimum absolute atomic E-state index is 0.197. The number of nitriles is 1. The number of benzene rings is 1. The molecule has 0 saturated carbocycles. The van der Waals surface area contributed by atoms with Crippen LogP contribution in [-0.4, -0.2) is 18.5 Å². The van der Waals surface area contributed by atoms with Crippen molar-refractivity contribution < 1.29 is 18.7 Å². The van der Waals surface area contributed by atoms with Crippen molar-refractivity contribution in [2.45, 2.75) is 0 Å². The van der Waals surface area contributed by atoms with Crippen molar-refractivity contribution in [3.05, 3.63) is 54.0 Å². The molecule has 2 rings (SSSR count). The summed E-state index contributed by atoms with van der Waals surface area (Å²) in [5, 5.41) is 10.9. The molecule has 0 aliphatic heterocycles. The van der Waals surface area contributed by atoms with E-state index in [9.17, 15) is 9.59 Å². The number of rotatable bonds is 4. The number of nitrogens with one attached hydrogen (secondary N) is 1. The molecule has 0 fully saturated rings. The quantitative estimate of drug-likeness (QED) is 0.860. The molecule has 6 nitrogen and oxygen atoms in total. The lowest BCUT2D eigenvalue weighted by Crippen LogP contribution is -2.11. The van der Waals surface area contributed by atoms with Crippen molar-refractivity contribution in [3.63, 3.8) is 0 Å². The van der Waals surface area contributed by atoms with Crippen LogP contribution in [0.4, 0.5) is 5.69 Å². The number of nitrogens with zero attached hydrogens (tertiary/aromatic N) is 1. The minimum Gasteiger partial charge on any atom is -0.459 e. The highest BCUT2D eigenvalue weighted by Crippen LogP contribution is 2.12. The first kappa shape index (κ1) is 13.4. The monoisotopic (exact) mass is 270 g/mol. The highest BCUT2D eigenvalue weighted by molar-refractivity contribution is 6.02. The van der Waals surface area contributed by atoms with Crippen LogP contribution in [0.15, 0.2) is 47.1 Å². The largest absolute Gasteiger partial charge is 0.459 e. The summed E-state index contributed by atoms with van der Waals surface area (Å²) >= 11 is 0. The number of anilines is 1. The van der Waals surface area contributed by atoms with Gasteiger partial charge in [-0.3, -0.25) is 4.79 Å².